The number of benzene rings is 5. The number of carbonyl (C=O) groups is 3. The number of phenolic OH excluding ortho intramolecular Hbond substituents is 2. The average molecular weight is 699 g/mol. The summed E-state index contributed by atoms with van der Waals surface area (Å²) in [6.07, 6.45) is 0.439. The summed E-state index contributed by atoms with van der Waals surface area (Å²) in [5.41, 5.74) is 4.82. The Bertz CT molecular complexity index is 2000. The van der Waals surface area contributed by atoms with Crippen molar-refractivity contribution in [2.75, 3.05) is 12.4 Å². The first kappa shape index (κ1) is 33.6. The molecule has 5 aromatic rings. The lowest BCUT2D eigenvalue weighted by molar-refractivity contribution is -0.155. The second-order valence-electron chi connectivity index (χ2n) is 12.1. The van der Waals surface area contributed by atoms with E-state index in [0.717, 1.165) is 27.8 Å². The number of rotatable bonds is 11. The molecule has 0 aliphatic carbocycles. The van der Waals surface area contributed by atoms with Gasteiger partial charge in [0.1, 0.15) is 41.3 Å². The highest BCUT2D eigenvalue weighted by Crippen LogP contribution is 2.39. The summed E-state index contributed by atoms with van der Waals surface area (Å²) in [7, 11) is 0. The third-order valence-corrected chi connectivity index (χ3v) is 9.92. The number of amides is 2. The second-order valence-corrected chi connectivity index (χ2v) is 13.3. The fraction of sp³-hybridized carbons (Fsp3) is 0.146. The Morgan fingerprint density at radius 2 is 1.25 bits per heavy atom. The molecule has 2 heterocycles. The number of ether oxygens (including phenoxy) is 2. The molecule has 0 aromatic heterocycles. The van der Waals surface area contributed by atoms with Gasteiger partial charge in [-0.05, 0) is 51.6 Å². The van der Waals surface area contributed by atoms with Crippen LogP contribution < -0.4 is 5.32 Å². The van der Waals surface area contributed by atoms with Gasteiger partial charge in [0.2, 0.25) is 5.91 Å². The number of phenols is 2. The third kappa shape index (κ3) is 7.38. The van der Waals surface area contributed by atoms with Crippen molar-refractivity contribution in [1.29, 1.82) is 0 Å². The molecule has 2 aliphatic rings. The van der Waals surface area contributed by atoms with E-state index in [0.29, 0.717) is 11.3 Å². The standard InChI is InChI=1S/C41H34N2O7S/c44-32-22-31(23-33(45)24-32)26-16-18-30(19-17-26)37(27-10-4-1-5-11-27)49-25-35(46)42-36-39(47)43-34(20-21-51-40(36)43)41(48)50-38(28-12-6-2-7-13-28)29-14-8-3-9-15-29/h1-20,22-24,36-38,40,44-45H,21,25H2,(H,42,46). The van der Waals surface area contributed by atoms with Gasteiger partial charge in [0.15, 0.2) is 6.10 Å². The van der Waals surface area contributed by atoms with Gasteiger partial charge in [-0.15, -0.1) is 11.8 Å². The van der Waals surface area contributed by atoms with Crippen LogP contribution in [0.15, 0.2) is 145 Å². The molecule has 2 amide bonds. The molecule has 0 saturated carbocycles. The molecule has 3 atom stereocenters. The maximum Gasteiger partial charge on any atom is 0.355 e. The Morgan fingerprint density at radius 3 is 1.82 bits per heavy atom. The highest BCUT2D eigenvalue weighted by Gasteiger charge is 2.53. The quantitative estimate of drug-likeness (QED) is 0.106. The van der Waals surface area contributed by atoms with Crippen LogP contribution in [0.25, 0.3) is 11.1 Å². The van der Waals surface area contributed by atoms with Crippen molar-refractivity contribution in [2.24, 2.45) is 0 Å². The molecule has 10 heteroatoms. The highest BCUT2D eigenvalue weighted by atomic mass is 32.2. The number of nitrogens with zero attached hydrogens (tertiary/aromatic N) is 1. The van der Waals surface area contributed by atoms with Gasteiger partial charge in [-0.3, -0.25) is 14.5 Å². The van der Waals surface area contributed by atoms with E-state index in [1.54, 1.807) is 18.2 Å². The number of fused-ring (bicyclic) bond motifs is 1. The summed E-state index contributed by atoms with van der Waals surface area (Å²) in [6.45, 7) is -0.316. The molecule has 0 bridgehead atoms. The summed E-state index contributed by atoms with van der Waals surface area (Å²) in [5.74, 6) is -1.09. The minimum absolute atomic E-state index is 0.0442. The van der Waals surface area contributed by atoms with Gasteiger partial charge in [-0.25, -0.2) is 4.79 Å². The number of nitrogens with one attached hydrogen (secondary N) is 1. The van der Waals surface area contributed by atoms with Crippen LogP contribution in [-0.2, 0) is 23.9 Å². The van der Waals surface area contributed by atoms with E-state index in [-0.39, 0.29) is 23.8 Å². The number of carbonyl (C=O) groups excluding carboxylic acids is 3. The maximum absolute atomic E-state index is 13.6. The van der Waals surface area contributed by atoms with Gasteiger partial charge in [0, 0.05) is 11.8 Å². The van der Waals surface area contributed by atoms with Crippen molar-refractivity contribution in [2.45, 2.75) is 23.6 Å². The lowest BCUT2D eigenvalue weighted by atomic mass is 9.98. The molecule has 51 heavy (non-hydrogen) atoms. The van der Waals surface area contributed by atoms with Crippen molar-refractivity contribution >= 4 is 29.5 Å². The zero-order chi connectivity index (χ0) is 35.3. The Morgan fingerprint density at radius 1 is 0.725 bits per heavy atom. The Hall–Kier alpha value is -5.84. The van der Waals surface area contributed by atoms with E-state index in [2.05, 4.69) is 5.32 Å². The van der Waals surface area contributed by atoms with Crippen molar-refractivity contribution in [1.82, 2.24) is 10.2 Å². The highest BCUT2D eigenvalue weighted by molar-refractivity contribution is 8.00. The smallest absolute Gasteiger partial charge is 0.355 e. The summed E-state index contributed by atoms with van der Waals surface area (Å²) in [5, 5.41) is 22.2. The first-order valence-corrected chi connectivity index (χ1v) is 17.5. The van der Waals surface area contributed by atoms with Crippen LogP contribution in [-0.4, -0.2) is 56.7 Å². The summed E-state index contributed by atoms with van der Waals surface area (Å²) in [6, 6.07) is 39.3. The van der Waals surface area contributed by atoms with Crippen molar-refractivity contribution in [3.8, 4) is 22.6 Å². The van der Waals surface area contributed by atoms with Crippen molar-refractivity contribution in [3.63, 3.8) is 0 Å². The molecule has 0 spiro atoms. The SMILES string of the molecule is O=C(COC(c1ccccc1)c1ccc(-c2cc(O)cc(O)c2)cc1)NC1C(=O)N2C(C(=O)OC(c3ccccc3)c3ccccc3)=CCSC12. The van der Waals surface area contributed by atoms with Crippen LogP contribution in [0.4, 0.5) is 0 Å². The second kappa shape index (κ2) is 15.0. The van der Waals surface area contributed by atoms with Crippen molar-refractivity contribution < 1.29 is 34.1 Å². The van der Waals surface area contributed by atoms with Crippen LogP contribution in [0.5, 0.6) is 11.5 Å². The first-order valence-electron chi connectivity index (χ1n) is 16.4. The maximum atomic E-state index is 13.6. The van der Waals surface area contributed by atoms with Crippen LogP contribution in [0.2, 0.25) is 0 Å². The number of thioether (sulfide) groups is 1. The molecule has 9 nitrogen and oxygen atoms in total. The van der Waals surface area contributed by atoms with Gasteiger partial charge in [-0.1, -0.05) is 115 Å². The van der Waals surface area contributed by atoms with Crippen molar-refractivity contribution in [3.05, 3.63) is 167 Å². The Kier molecular flexibility index (Phi) is 9.87. The lowest BCUT2D eigenvalue weighted by Gasteiger charge is -2.48. The molecule has 3 N–H and O–H groups in total. The lowest BCUT2D eigenvalue weighted by Crippen LogP contribution is -2.70. The molecule has 1 saturated heterocycles. The van der Waals surface area contributed by atoms with Gasteiger partial charge in [0.25, 0.3) is 5.91 Å². The Balaban J connectivity index is 1.01. The van der Waals surface area contributed by atoms with E-state index in [9.17, 15) is 24.6 Å². The van der Waals surface area contributed by atoms with E-state index >= 15 is 0 Å². The molecule has 7 rings (SSSR count). The molecule has 0 radical (unpaired) electrons. The third-order valence-electron chi connectivity index (χ3n) is 8.73. The van der Waals surface area contributed by atoms with Crippen LogP contribution >= 0.6 is 11.8 Å². The fourth-order valence-electron chi connectivity index (χ4n) is 6.28. The normalized spacial score (nSPS) is 17.2. The van der Waals surface area contributed by atoms with Crippen LogP contribution in [0.1, 0.15) is 34.5 Å². The van der Waals surface area contributed by atoms with E-state index < -0.39 is 41.4 Å². The molecule has 5 aromatic carbocycles. The number of aromatic hydroxyl groups is 2. The predicted octanol–water partition coefficient (Wildman–Crippen LogP) is 6.49. The van der Waals surface area contributed by atoms with E-state index in [1.165, 1.54) is 22.7 Å². The minimum atomic E-state index is -0.824. The molecular weight excluding hydrogens is 665 g/mol. The predicted molar refractivity (Wildman–Crippen MR) is 193 cm³/mol. The first-order chi connectivity index (χ1) is 24.9. The zero-order valence-electron chi connectivity index (χ0n) is 27.3. The number of esters is 1. The van der Waals surface area contributed by atoms with Gasteiger partial charge in [-0.2, -0.15) is 0 Å². The average Bonchev–Trinajstić information content (AvgIpc) is 3.16. The molecular formula is C41H34N2O7S. The van der Waals surface area contributed by atoms with Gasteiger partial charge < -0.3 is 25.0 Å². The zero-order valence-corrected chi connectivity index (χ0v) is 28.1. The summed E-state index contributed by atoms with van der Waals surface area (Å²) >= 11 is 1.45. The van der Waals surface area contributed by atoms with E-state index in [1.807, 2.05) is 115 Å². The molecule has 1 fully saturated rings. The summed E-state index contributed by atoms with van der Waals surface area (Å²) in [4.78, 5) is 41.6. The fourth-order valence-corrected chi connectivity index (χ4v) is 7.47. The van der Waals surface area contributed by atoms with Gasteiger partial charge >= 0.3 is 5.97 Å². The number of hydrogen-bond acceptors (Lipinski definition) is 8. The van der Waals surface area contributed by atoms with Crippen LogP contribution in [0.3, 0.4) is 0 Å². The van der Waals surface area contributed by atoms with Crippen LogP contribution in [0, 0.1) is 0 Å². The largest absolute Gasteiger partial charge is 0.508 e. The minimum Gasteiger partial charge on any atom is -0.508 e. The molecule has 3 unspecified atom stereocenters. The molecule has 2 aliphatic heterocycles. The number of β-lactam (4-membered cyclic amide) rings is 1. The monoisotopic (exact) mass is 698 g/mol. The molecule has 256 valence electrons. The summed E-state index contributed by atoms with van der Waals surface area (Å²) < 4.78 is 12.2. The van der Waals surface area contributed by atoms with Gasteiger partial charge in [0.05, 0.1) is 0 Å². The van der Waals surface area contributed by atoms with E-state index in [4.69, 9.17) is 9.47 Å². The Labute approximate surface area is 299 Å². The topological polar surface area (TPSA) is 125 Å². The number of hydrogen-bond donors (Lipinski definition) is 3.